The third-order valence-electron chi connectivity index (χ3n) is 3.17. The molecule has 4 heterocycles. The molecule has 7 heteroatoms. The zero-order valence-corrected chi connectivity index (χ0v) is 12.1. The Morgan fingerprint density at radius 2 is 2.05 bits per heavy atom. The van der Waals surface area contributed by atoms with Crippen molar-refractivity contribution in [2.24, 2.45) is 0 Å². The van der Waals surface area contributed by atoms with Gasteiger partial charge in [0, 0.05) is 18.3 Å². The lowest BCUT2D eigenvalue weighted by atomic mass is 10.3. The Hall–Kier alpha value is -2.73. The molecular formula is C15H10ClN5O. The van der Waals surface area contributed by atoms with Crippen LogP contribution in [0.1, 0.15) is 11.5 Å². The average molecular weight is 312 g/mol. The molecule has 0 saturated carbocycles. The first-order chi connectivity index (χ1) is 10.8. The summed E-state index contributed by atoms with van der Waals surface area (Å²) in [7, 11) is 0. The standard InChI is InChI=1S/C15H10ClN5O/c16-13-12-15(21-14(20-13)10-5-3-7-22-10)19-11(18-12)8-9-4-1-2-6-17-9/h1-7H,8H2,(H,18,19,20,21). The Balaban J connectivity index is 1.76. The minimum absolute atomic E-state index is 0.292. The fourth-order valence-electron chi connectivity index (χ4n) is 2.19. The fourth-order valence-corrected chi connectivity index (χ4v) is 2.40. The van der Waals surface area contributed by atoms with Crippen molar-refractivity contribution in [3.63, 3.8) is 0 Å². The highest BCUT2D eigenvalue weighted by Gasteiger charge is 2.14. The van der Waals surface area contributed by atoms with E-state index in [1.54, 1.807) is 24.6 Å². The van der Waals surface area contributed by atoms with E-state index in [2.05, 4.69) is 24.9 Å². The molecule has 0 radical (unpaired) electrons. The Labute approximate surface area is 130 Å². The fraction of sp³-hybridized carbons (Fsp3) is 0.0667. The minimum Gasteiger partial charge on any atom is -0.461 e. The van der Waals surface area contributed by atoms with Crippen molar-refractivity contribution in [3.8, 4) is 11.6 Å². The zero-order chi connectivity index (χ0) is 14.9. The highest BCUT2D eigenvalue weighted by atomic mass is 35.5. The minimum atomic E-state index is 0.292. The average Bonchev–Trinajstić information content (AvgIpc) is 3.17. The Bertz CT molecular complexity index is 918. The molecule has 1 N–H and O–H groups in total. The van der Waals surface area contributed by atoms with Gasteiger partial charge in [0.15, 0.2) is 22.4 Å². The van der Waals surface area contributed by atoms with Crippen LogP contribution in [0, 0.1) is 0 Å². The number of fused-ring (bicyclic) bond motifs is 1. The molecule has 0 aliphatic heterocycles. The largest absolute Gasteiger partial charge is 0.461 e. The van der Waals surface area contributed by atoms with Gasteiger partial charge in [-0.2, -0.15) is 0 Å². The third kappa shape index (κ3) is 2.33. The Morgan fingerprint density at radius 3 is 2.82 bits per heavy atom. The number of halogens is 1. The van der Waals surface area contributed by atoms with E-state index in [0.29, 0.717) is 34.3 Å². The van der Waals surface area contributed by atoms with Crippen molar-refractivity contribution in [2.75, 3.05) is 0 Å². The molecule has 0 unspecified atom stereocenters. The van der Waals surface area contributed by atoms with E-state index in [4.69, 9.17) is 16.0 Å². The lowest BCUT2D eigenvalue weighted by Gasteiger charge is -1.96. The van der Waals surface area contributed by atoms with Crippen LogP contribution in [-0.4, -0.2) is 24.9 Å². The maximum absolute atomic E-state index is 6.20. The van der Waals surface area contributed by atoms with Crippen LogP contribution in [-0.2, 0) is 6.42 Å². The summed E-state index contributed by atoms with van der Waals surface area (Å²) in [6.45, 7) is 0. The Kier molecular flexibility index (Phi) is 3.08. The summed E-state index contributed by atoms with van der Waals surface area (Å²) in [5.74, 6) is 1.72. The highest BCUT2D eigenvalue weighted by Crippen LogP contribution is 2.24. The van der Waals surface area contributed by atoms with E-state index in [-0.39, 0.29) is 0 Å². The molecule has 0 amide bonds. The van der Waals surface area contributed by atoms with E-state index in [1.165, 1.54) is 0 Å². The topological polar surface area (TPSA) is 80.5 Å². The molecule has 0 bridgehead atoms. The van der Waals surface area contributed by atoms with Crippen LogP contribution in [0.15, 0.2) is 47.2 Å². The van der Waals surface area contributed by atoms with Crippen molar-refractivity contribution in [1.29, 1.82) is 0 Å². The van der Waals surface area contributed by atoms with Gasteiger partial charge in [0.25, 0.3) is 0 Å². The van der Waals surface area contributed by atoms with E-state index in [0.717, 1.165) is 11.5 Å². The molecule has 6 nitrogen and oxygen atoms in total. The molecule has 4 rings (SSSR count). The van der Waals surface area contributed by atoms with E-state index in [9.17, 15) is 0 Å². The number of nitrogens with zero attached hydrogens (tertiary/aromatic N) is 4. The number of rotatable bonds is 3. The summed E-state index contributed by atoms with van der Waals surface area (Å²) in [5, 5.41) is 0.292. The van der Waals surface area contributed by atoms with Gasteiger partial charge in [-0.3, -0.25) is 4.98 Å². The molecule has 22 heavy (non-hydrogen) atoms. The predicted octanol–water partition coefficient (Wildman–Crippen LogP) is 3.25. The van der Waals surface area contributed by atoms with Crippen molar-refractivity contribution in [3.05, 3.63) is 59.5 Å². The van der Waals surface area contributed by atoms with Gasteiger partial charge >= 0.3 is 0 Å². The highest BCUT2D eigenvalue weighted by molar-refractivity contribution is 6.33. The van der Waals surface area contributed by atoms with Gasteiger partial charge in [-0.1, -0.05) is 17.7 Å². The monoisotopic (exact) mass is 311 g/mol. The molecule has 0 aromatic carbocycles. The maximum atomic E-state index is 6.20. The number of hydrogen-bond acceptors (Lipinski definition) is 5. The molecule has 0 aliphatic carbocycles. The lowest BCUT2D eigenvalue weighted by Crippen LogP contribution is -1.92. The van der Waals surface area contributed by atoms with Crippen LogP contribution in [0.4, 0.5) is 0 Å². The summed E-state index contributed by atoms with van der Waals surface area (Å²) in [6.07, 6.45) is 3.89. The van der Waals surface area contributed by atoms with Crippen LogP contribution >= 0.6 is 11.6 Å². The Morgan fingerprint density at radius 1 is 1.09 bits per heavy atom. The first kappa shape index (κ1) is 13.0. The number of nitrogens with one attached hydrogen (secondary N) is 1. The zero-order valence-electron chi connectivity index (χ0n) is 11.3. The van der Waals surface area contributed by atoms with Gasteiger partial charge in [0.2, 0.25) is 0 Å². The molecule has 0 saturated heterocycles. The van der Waals surface area contributed by atoms with Gasteiger partial charge in [0.05, 0.1) is 6.26 Å². The van der Waals surface area contributed by atoms with E-state index >= 15 is 0 Å². The van der Waals surface area contributed by atoms with Gasteiger partial charge < -0.3 is 9.40 Å². The predicted molar refractivity (Wildman–Crippen MR) is 81.4 cm³/mol. The van der Waals surface area contributed by atoms with Crippen LogP contribution in [0.3, 0.4) is 0 Å². The molecule has 0 atom stereocenters. The van der Waals surface area contributed by atoms with Crippen LogP contribution in [0.25, 0.3) is 22.7 Å². The molecule has 0 aliphatic rings. The van der Waals surface area contributed by atoms with Crippen LogP contribution < -0.4 is 0 Å². The molecular weight excluding hydrogens is 302 g/mol. The normalized spacial score (nSPS) is 11.1. The SMILES string of the molecule is Clc1nc(-c2ccco2)nc2[nH]c(Cc3ccccn3)nc12. The summed E-state index contributed by atoms with van der Waals surface area (Å²) in [4.78, 5) is 20.5. The van der Waals surface area contributed by atoms with Crippen LogP contribution in [0.5, 0.6) is 0 Å². The second kappa shape index (κ2) is 5.23. The number of H-pyrrole nitrogens is 1. The maximum Gasteiger partial charge on any atom is 0.199 e. The number of aromatic nitrogens is 5. The number of pyridine rings is 1. The van der Waals surface area contributed by atoms with E-state index in [1.807, 2.05) is 18.2 Å². The molecule has 0 fully saturated rings. The second-order valence-electron chi connectivity index (χ2n) is 4.69. The summed E-state index contributed by atoms with van der Waals surface area (Å²) in [6, 6.07) is 9.31. The van der Waals surface area contributed by atoms with Crippen LogP contribution in [0.2, 0.25) is 5.15 Å². The second-order valence-corrected chi connectivity index (χ2v) is 5.05. The van der Waals surface area contributed by atoms with Gasteiger partial charge in [0.1, 0.15) is 11.3 Å². The molecule has 108 valence electrons. The molecule has 4 aromatic heterocycles. The smallest absolute Gasteiger partial charge is 0.199 e. The number of furan rings is 1. The van der Waals surface area contributed by atoms with Crippen molar-refractivity contribution >= 4 is 22.8 Å². The summed E-state index contributed by atoms with van der Waals surface area (Å²) >= 11 is 6.20. The number of aromatic amines is 1. The quantitative estimate of drug-likeness (QED) is 0.587. The van der Waals surface area contributed by atoms with E-state index < -0.39 is 0 Å². The van der Waals surface area contributed by atoms with Crippen molar-refractivity contribution in [2.45, 2.75) is 6.42 Å². The number of imidazole rings is 1. The number of hydrogen-bond donors (Lipinski definition) is 1. The van der Waals surface area contributed by atoms with Gasteiger partial charge in [-0.15, -0.1) is 0 Å². The first-order valence-corrected chi connectivity index (χ1v) is 7.03. The molecule has 4 aromatic rings. The summed E-state index contributed by atoms with van der Waals surface area (Å²) in [5.41, 5.74) is 2.04. The first-order valence-electron chi connectivity index (χ1n) is 6.65. The molecule has 0 spiro atoms. The van der Waals surface area contributed by atoms with Gasteiger partial charge in [-0.25, -0.2) is 15.0 Å². The third-order valence-corrected chi connectivity index (χ3v) is 3.43. The lowest BCUT2D eigenvalue weighted by molar-refractivity contribution is 0.577. The van der Waals surface area contributed by atoms with Gasteiger partial charge in [-0.05, 0) is 24.3 Å². The summed E-state index contributed by atoms with van der Waals surface area (Å²) < 4.78 is 5.30. The van der Waals surface area contributed by atoms with Crippen molar-refractivity contribution < 1.29 is 4.42 Å². The van der Waals surface area contributed by atoms with Crippen molar-refractivity contribution in [1.82, 2.24) is 24.9 Å².